The number of carbonyl (C=O) groups is 2. The number of aliphatic hydroxyl groups excluding tert-OH is 4. The standard InChI is InChI=1S/C12H16N6O3.C10H11N5O2.C5H12O2/c19-7-5-18(6-8-20)12(21)11-16-14-10(15-17-11)9-3-1-2-4-13-9;1-2-17-10(16)9-14-12-8(13-15-9)7-5-3-4-6-11-7;6-4-2-1-3-5-7/h1-4,19-20H,5-8H2,(H,14,15)(H,16,17);3-6H,2H2,1H3,(H,12,13)(H,14,15);6-7H,1-5H2. The van der Waals surface area contributed by atoms with Crippen LogP contribution in [0.3, 0.4) is 0 Å². The molecule has 2 aromatic rings. The molecule has 0 atom stereocenters. The Labute approximate surface area is 259 Å². The van der Waals surface area contributed by atoms with Gasteiger partial charge in [0.1, 0.15) is 11.4 Å². The number of carbonyl (C=O) groups excluding carboxylic acids is 2. The molecule has 2 aromatic heterocycles. The number of hydrazone groups is 4. The molecule has 2 aliphatic heterocycles. The van der Waals surface area contributed by atoms with E-state index in [1.54, 1.807) is 49.6 Å². The third-order valence-corrected chi connectivity index (χ3v) is 5.42. The van der Waals surface area contributed by atoms with Gasteiger partial charge in [-0.3, -0.25) is 36.5 Å². The monoisotopic (exact) mass is 629 g/mol. The molecule has 0 bridgehead atoms. The second kappa shape index (κ2) is 21.6. The fourth-order valence-corrected chi connectivity index (χ4v) is 3.26. The van der Waals surface area contributed by atoms with E-state index in [1.807, 2.05) is 6.07 Å². The van der Waals surface area contributed by atoms with Crippen molar-refractivity contribution in [2.75, 3.05) is 46.1 Å². The van der Waals surface area contributed by atoms with Gasteiger partial charge in [0.2, 0.25) is 5.84 Å². The van der Waals surface area contributed by atoms with Gasteiger partial charge >= 0.3 is 5.97 Å². The van der Waals surface area contributed by atoms with Crippen molar-refractivity contribution in [3.8, 4) is 0 Å². The van der Waals surface area contributed by atoms with Crippen molar-refractivity contribution >= 4 is 35.2 Å². The molecule has 0 radical (unpaired) electrons. The van der Waals surface area contributed by atoms with Crippen LogP contribution >= 0.6 is 0 Å². The lowest BCUT2D eigenvalue weighted by Gasteiger charge is -2.22. The van der Waals surface area contributed by atoms with Gasteiger partial charge in [-0.05, 0) is 50.5 Å². The maximum atomic E-state index is 12.1. The molecule has 0 spiro atoms. The molecule has 2 aliphatic rings. The molecule has 45 heavy (non-hydrogen) atoms. The number of hydrogen-bond donors (Lipinski definition) is 8. The van der Waals surface area contributed by atoms with E-state index in [0.717, 1.165) is 19.3 Å². The summed E-state index contributed by atoms with van der Waals surface area (Å²) in [4.78, 5) is 32.9. The first-order valence-electron chi connectivity index (χ1n) is 14.1. The predicted molar refractivity (Wildman–Crippen MR) is 164 cm³/mol. The summed E-state index contributed by atoms with van der Waals surface area (Å²) in [5.41, 5.74) is 11.6. The summed E-state index contributed by atoms with van der Waals surface area (Å²) in [5.74, 6) is -0.178. The van der Waals surface area contributed by atoms with Gasteiger partial charge in [-0.2, -0.15) is 10.2 Å². The number of amides is 1. The van der Waals surface area contributed by atoms with Crippen LogP contribution in [0.25, 0.3) is 0 Å². The van der Waals surface area contributed by atoms with Crippen LogP contribution in [0.4, 0.5) is 0 Å². The largest absolute Gasteiger partial charge is 0.460 e. The molecule has 244 valence electrons. The van der Waals surface area contributed by atoms with Crippen molar-refractivity contribution in [3.63, 3.8) is 0 Å². The Kier molecular flexibility index (Phi) is 17.4. The molecule has 18 heteroatoms. The molecule has 18 nitrogen and oxygen atoms in total. The van der Waals surface area contributed by atoms with E-state index in [2.05, 4.69) is 52.1 Å². The van der Waals surface area contributed by atoms with E-state index in [9.17, 15) is 9.59 Å². The number of nitrogens with zero attached hydrogens (tertiary/aromatic N) is 7. The summed E-state index contributed by atoms with van der Waals surface area (Å²) in [5, 5.41) is 49.9. The second-order valence-corrected chi connectivity index (χ2v) is 8.69. The van der Waals surface area contributed by atoms with Gasteiger partial charge in [0, 0.05) is 38.7 Å². The Bertz CT molecular complexity index is 1280. The number of aromatic nitrogens is 2. The molecule has 0 saturated carbocycles. The first-order chi connectivity index (χ1) is 22.0. The molecule has 0 saturated heterocycles. The summed E-state index contributed by atoms with van der Waals surface area (Å²) >= 11 is 0. The number of esters is 1. The summed E-state index contributed by atoms with van der Waals surface area (Å²) < 4.78 is 4.77. The van der Waals surface area contributed by atoms with Crippen LogP contribution < -0.4 is 21.7 Å². The average molecular weight is 630 g/mol. The minimum atomic E-state index is -0.552. The van der Waals surface area contributed by atoms with Crippen molar-refractivity contribution < 1.29 is 34.8 Å². The van der Waals surface area contributed by atoms with Gasteiger partial charge in [0.15, 0.2) is 11.7 Å². The van der Waals surface area contributed by atoms with Crippen LogP contribution in [0.15, 0.2) is 69.2 Å². The molecule has 0 aliphatic carbocycles. The molecule has 4 rings (SSSR count). The van der Waals surface area contributed by atoms with Gasteiger partial charge < -0.3 is 30.1 Å². The van der Waals surface area contributed by atoms with Crippen LogP contribution in [0.5, 0.6) is 0 Å². The first kappa shape index (κ1) is 36.2. The quantitative estimate of drug-likeness (QED) is 0.0884. The number of aliphatic hydroxyl groups is 4. The van der Waals surface area contributed by atoms with E-state index in [0.29, 0.717) is 23.1 Å². The number of hydrogen-bond acceptors (Lipinski definition) is 17. The Morgan fingerprint density at radius 2 is 1.20 bits per heavy atom. The van der Waals surface area contributed by atoms with Gasteiger partial charge in [0.05, 0.1) is 19.8 Å². The van der Waals surface area contributed by atoms with E-state index < -0.39 is 11.9 Å². The lowest BCUT2D eigenvalue weighted by molar-refractivity contribution is -0.135. The number of nitrogens with one attached hydrogen (secondary N) is 4. The summed E-state index contributed by atoms with van der Waals surface area (Å²) in [6.07, 6.45) is 5.84. The van der Waals surface area contributed by atoms with Gasteiger partial charge in [-0.1, -0.05) is 12.1 Å². The van der Waals surface area contributed by atoms with Crippen molar-refractivity contribution in [3.05, 3.63) is 60.2 Å². The zero-order chi connectivity index (χ0) is 32.7. The molecular weight excluding hydrogens is 590 g/mol. The lowest BCUT2D eigenvalue weighted by atomic mass is 10.2. The average Bonchev–Trinajstić information content (AvgIpc) is 3.10. The van der Waals surface area contributed by atoms with Crippen molar-refractivity contribution in [2.24, 2.45) is 20.4 Å². The maximum absolute atomic E-state index is 12.1. The Morgan fingerprint density at radius 3 is 1.58 bits per heavy atom. The fourth-order valence-electron chi connectivity index (χ4n) is 3.26. The van der Waals surface area contributed by atoms with Gasteiger partial charge in [-0.25, -0.2) is 4.79 Å². The zero-order valence-corrected chi connectivity index (χ0v) is 24.8. The number of unbranched alkanes of at least 4 members (excludes halogenated alkanes) is 2. The number of ether oxygens (including phenoxy) is 1. The summed E-state index contributed by atoms with van der Waals surface area (Å²) in [6, 6.07) is 10.7. The summed E-state index contributed by atoms with van der Waals surface area (Å²) in [7, 11) is 0. The number of pyridine rings is 2. The highest BCUT2D eigenvalue weighted by molar-refractivity contribution is 6.38. The molecule has 0 aromatic carbocycles. The minimum absolute atomic E-state index is 0.0171. The lowest BCUT2D eigenvalue weighted by Crippen LogP contribution is -2.47. The van der Waals surface area contributed by atoms with Crippen LogP contribution in [0.2, 0.25) is 0 Å². The van der Waals surface area contributed by atoms with Crippen molar-refractivity contribution in [2.45, 2.75) is 26.2 Å². The molecule has 8 N–H and O–H groups in total. The number of rotatable bonds is 13. The molecule has 0 unspecified atom stereocenters. The van der Waals surface area contributed by atoms with Crippen LogP contribution in [0, 0.1) is 0 Å². The van der Waals surface area contributed by atoms with E-state index in [1.165, 1.54) is 4.90 Å². The van der Waals surface area contributed by atoms with E-state index in [-0.39, 0.29) is 57.8 Å². The molecular formula is C27H39N11O7. The normalized spacial score (nSPS) is 13.1. The number of amidine groups is 4. The highest BCUT2D eigenvalue weighted by atomic mass is 16.5. The second-order valence-electron chi connectivity index (χ2n) is 8.69. The third-order valence-electron chi connectivity index (χ3n) is 5.42. The van der Waals surface area contributed by atoms with Crippen LogP contribution in [-0.2, 0) is 14.3 Å². The maximum Gasteiger partial charge on any atom is 0.377 e. The smallest absolute Gasteiger partial charge is 0.377 e. The van der Waals surface area contributed by atoms with E-state index in [4.69, 9.17) is 25.2 Å². The molecule has 1 amide bonds. The van der Waals surface area contributed by atoms with Gasteiger partial charge in [-0.15, -0.1) is 10.2 Å². The zero-order valence-electron chi connectivity index (χ0n) is 24.8. The summed E-state index contributed by atoms with van der Waals surface area (Å²) in [6.45, 7) is 2.32. The van der Waals surface area contributed by atoms with Crippen LogP contribution in [-0.4, -0.2) is 117 Å². The van der Waals surface area contributed by atoms with E-state index >= 15 is 0 Å². The Morgan fingerprint density at radius 1 is 0.689 bits per heavy atom. The van der Waals surface area contributed by atoms with Gasteiger partial charge in [0.25, 0.3) is 11.7 Å². The fraction of sp³-hybridized carbons (Fsp3) is 0.407. The highest BCUT2D eigenvalue weighted by Crippen LogP contribution is 2.00. The van der Waals surface area contributed by atoms with Crippen molar-refractivity contribution in [1.29, 1.82) is 0 Å². The minimum Gasteiger partial charge on any atom is -0.460 e. The Balaban J connectivity index is 0.000000263. The highest BCUT2D eigenvalue weighted by Gasteiger charge is 2.22. The predicted octanol–water partition coefficient (Wildman–Crippen LogP) is -1.98. The molecule has 0 fully saturated rings. The molecule has 4 heterocycles. The topological polar surface area (TPSA) is 251 Å². The Hall–Kier alpha value is -5.04. The van der Waals surface area contributed by atoms with Crippen molar-refractivity contribution in [1.82, 2.24) is 36.6 Å². The SMILES string of the molecule is CCOC(=O)C1=NNC(c2ccccn2)=NN1.O=C(C1=NNC(c2ccccn2)=NN1)N(CCO)CCO.OCCCCCO. The third kappa shape index (κ3) is 13.0. The first-order valence-corrected chi connectivity index (χ1v) is 14.1. The van der Waals surface area contributed by atoms with Crippen LogP contribution in [0.1, 0.15) is 37.6 Å².